The summed E-state index contributed by atoms with van der Waals surface area (Å²) >= 11 is 0. The number of aliphatic hydroxyl groups is 1. The Bertz CT molecular complexity index is 387. The molecule has 1 saturated carbocycles. The normalized spacial score (nSPS) is 30.4. The predicted molar refractivity (Wildman–Crippen MR) is 56.7 cm³/mol. The highest BCUT2D eigenvalue weighted by atomic mass is 19.1. The van der Waals surface area contributed by atoms with E-state index in [1.807, 2.05) is 0 Å². The lowest BCUT2D eigenvalue weighted by Crippen LogP contribution is -2.42. The number of hydrogen-bond acceptors (Lipinski definition) is 2. The first kappa shape index (κ1) is 11.5. The molecule has 0 bridgehead atoms. The van der Waals surface area contributed by atoms with Gasteiger partial charge in [0.15, 0.2) is 0 Å². The lowest BCUT2D eigenvalue weighted by Gasteiger charge is -2.36. The van der Waals surface area contributed by atoms with Crippen molar-refractivity contribution in [3.8, 4) is 0 Å². The Morgan fingerprint density at radius 2 is 1.88 bits per heavy atom. The SMILES string of the molecule is NC1(c2cc(F)ccc2F)CCC(O)CC1. The highest BCUT2D eigenvalue weighted by molar-refractivity contribution is 5.27. The highest BCUT2D eigenvalue weighted by Gasteiger charge is 2.34. The van der Waals surface area contributed by atoms with Gasteiger partial charge in [0.25, 0.3) is 0 Å². The van der Waals surface area contributed by atoms with Crippen molar-refractivity contribution in [2.75, 3.05) is 0 Å². The number of rotatable bonds is 1. The molecule has 2 nitrogen and oxygen atoms in total. The minimum absolute atomic E-state index is 0.222. The van der Waals surface area contributed by atoms with Gasteiger partial charge in [0, 0.05) is 11.1 Å². The molecular weight excluding hydrogens is 212 g/mol. The molecule has 0 spiro atoms. The number of nitrogens with two attached hydrogens (primary N) is 1. The van der Waals surface area contributed by atoms with Gasteiger partial charge in [-0.2, -0.15) is 0 Å². The summed E-state index contributed by atoms with van der Waals surface area (Å²) in [6, 6.07) is 3.34. The van der Waals surface area contributed by atoms with E-state index < -0.39 is 17.2 Å². The van der Waals surface area contributed by atoms with Crippen LogP contribution < -0.4 is 5.73 Å². The molecule has 2 rings (SSSR count). The van der Waals surface area contributed by atoms with E-state index >= 15 is 0 Å². The molecule has 0 radical (unpaired) electrons. The van der Waals surface area contributed by atoms with Crippen molar-refractivity contribution in [2.45, 2.75) is 37.3 Å². The quantitative estimate of drug-likeness (QED) is 0.771. The highest BCUT2D eigenvalue weighted by Crippen LogP contribution is 2.36. The fourth-order valence-corrected chi connectivity index (χ4v) is 2.27. The largest absolute Gasteiger partial charge is 0.393 e. The Balaban J connectivity index is 2.32. The van der Waals surface area contributed by atoms with Crippen LogP contribution in [0.3, 0.4) is 0 Å². The molecular formula is C12H15F2NO. The second-order valence-corrected chi connectivity index (χ2v) is 4.51. The summed E-state index contributed by atoms with van der Waals surface area (Å²) in [6.07, 6.45) is 1.66. The molecule has 0 aromatic heterocycles. The molecule has 0 heterocycles. The van der Waals surface area contributed by atoms with Crippen molar-refractivity contribution in [1.82, 2.24) is 0 Å². The van der Waals surface area contributed by atoms with Gasteiger partial charge in [-0.1, -0.05) is 0 Å². The molecule has 0 amide bonds. The van der Waals surface area contributed by atoms with E-state index in [1.54, 1.807) is 0 Å². The monoisotopic (exact) mass is 227 g/mol. The Morgan fingerprint density at radius 3 is 2.50 bits per heavy atom. The molecule has 88 valence electrons. The van der Waals surface area contributed by atoms with E-state index in [0.29, 0.717) is 25.7 Å². The summed E-state index contributed by atoms with van der Waals surface area (Å²) in [5, 5.41) is 9.39. The molecule has 16 heavy (non-hydrogen) atoms. The molecule has 1 aromatic rings. The molecule has 1 aromatic carbocycles. The van der Waals surface area contributed by atoms with E-state index in [-0.39, 0.29) is 11.7 Å². The third kappa shape index (κ3) is 2.08. The van der Waals surface area contributed by atoms with Crippen LogP contribution in [0.15, 0.2) is 18.2 Å². The van der Waals surface area contributed by atoms with Crippen LogP contribution in [-0.2, 0) is 5.54 Å². The van der Waals surface area contributed by atoms with Crippen LogP contribution in [0.25, 0.3) is 0 Å². The third-order valence-corrected chi connectivity index (χ3v) is 3.31. The predicted octanol–water partition coefficient (Wildman–Crippen LogP) is 2.05. The van der Waals surface area contributed by atoms with Gasteiger partial charge >= 0.3 is 0 Å². The van der Waals surface area contributed by atoms with Crippen molar-refractivity contribution >= 4 is 0 Å². The molecule has 1 aliphatic carbocycles. The fraction of sp³-hybridized carbons (Fsp3) is 0.500. The van der Waals surface area contributed by atoms with Gasteiger partial charge in [-0.05, 0) is 43.9 Å². The van der Waals surface area contributed by atoms with Crippen LogP contribution in [0.4, 0.5) is 8.78 Å². The first-order valence-corrected chi connectivity index (χ1v) is 5.44. The second-order valence-electron chi connectivity index (χ2n) is 4.51. The van der Waals surface area contributed by atoms with Crippen LogP contribution in [0.1, 0.15) is 31.2 Å². The van der Waals surface area contributed by atoms with Gasteiger partial charge in [0.1, 0.15) is 11.6 Å². The van der Waals surface area contributed by atoms with E-state index in [0.717, 1.165) is 18.2 Å². The lowest BCUT2D eigenvalue weighted by molar-refractivity contribution is 0.0956. The first-order chi connectivity index (χ1) is 7.51. The van der Waals surface area contributed by atoms with E-state index in [2.05, 4.69) is 0 Å². The molecule has 0 unspecified atom stereocenters. The molecule has 1 fully saturated rings. The van der Waals surface area contributed by atoms with Crippen molar-refractivity contribution in [3.05, 3.63) is 35.4 Å². The van der Waals surface area contributed by atoms with E-state index in [1.165, 1.54) is 0 Å². The van der Waals surface area contributed by atoms with Crippen LogP contribution in [-0.4, -0.2) is 11.2 Å². The maximum absolute atomic E-state index is 13.6. The first-order valence-electron chi connectivity index (χ1n) is 5.44. The van der Waals surface area contributed by atoms with Crippen LogP contribution in [0, 0.1) is 11.6 Å². The maximum atomic E-state index is 13.6. The Kier molecular flexibility index (Phi) is 2.95. The topological polar surface area (TPSA) is 46.2 Å². The van der Waals surface area contributed by atoms with Gasteiger partial charge in [-0.15, -0.1) is 0 Å². The Hall–Kier alpha value is -1.00. The Labute approximate surface area is 93.1 Å². The van der Waals surface area contributed by atoms with Crippen LogP contribution >= 0.6 is 0 Å². The Morgan fingerprint density at radius 1 is 1.25 bits per heavy atom. The molecule has 0 saturated heterocycles. The summed E-state index contributed by atoms with van der Waals surface area (Å²) < 4.78 is 26.7. The van der Waals surface area contributed by atoms with Gasteiger partial charge in [0.05, 0.1) is 6.10 Å². The third-order valence-electron chi connectivity index (χ3n) is 3.31. The van der Waals surface area contributed by atoms with Crippen LogP contribution in [0.2, 0.25) is 0 Å². The second kappa shape index (κ2) is 4.11. The summed E-state index contributed by atoms with van der Waals surface area (Å²) in [5.74, 6) is -0.951. The molecule has 0 aliphatic heterocycles. The van der Waals surface area contributed by atoms with Gasteiger partial charge in [0.2, 0.25) is 0 Å². The summed E-state index contributed by atoms with van der Waals surface area (Å²) in [6.45, 7) is 0. The zero-order valence-corrected chi connectivity index (χ0v) is 8.92. The number of benzene rings is 1. The van der Waals surface area contributed by atoms with E-state index in [9.17, 15) is 13.9 Å². The smallest absolute Gasteiger partial charge is 0.128 e. The average molecular weight is 227 g/mol. The number of hydrogen-bond donors (Lipinski definition) is 2. The van der Waals surface area contributed by atoms with Crippen molar-refractivity contribution in [1.29, 1.82) is 0 Å². The molecule has 0 atom stereocenters. The van der Waals surface area contributed by atoms with Crippen LogP contribution in [0.5, 0.6) is 0 Å². The number of halogens is 2. The van der Waals surface area contributed by atoms with Gasteiger partial charge < -0.3 is 10.8 Å². The van der Waals surface area contributed by atoms with Gasteiger partial charge in [-0.3, -0.25) is 0 Å². The zero-order chi connectivity index (χ0) is 11.8. The fourth-order valence-electron chi connectivity index (χ4n) is 2.27. The molecule has 1 aliphatic rings. The lowest BCUT2D eigenvalue weighted by atomic mass is 9.76. The minimum Gasteiger partial charge on any atom is -0.393 e. The van der Waals surface area contributed by atoms with Crippen molar-refractivity contribution in [2.24, 2.45) is 5.73 Å². The average Bonchev–Trinajstić information content (AvgIpc) is 2.26. The summed E-state index contributed by atoms with van der Waals surface area (Å²) in [4.78, 5) is 0. The van der Waals surface area contributed by atoms with Gasteiger partial charge in [-0.25, -0.2) is 8.78 Å². The standard InChI is InChI=1S/C12H15F2NO/c13-8-1-2-11(14)10(7-8)12(15)5-3-9(16)4-6-12/h1-2,7,9,16H,3-6,15H2. The molecule has 4 heteroatoms. The maximum Gasteiger partial charge on any atom is 0.128 e. The number of aliphatic hydroxyl groups excluding tert-OH is 1. The summed E-state index contributed by atoms with van der Waals surface area (Å²) in [5.41, 5.74) is 5.47. The zero-order valence-electron chi connectivity index (χ0n) is 8.92. The van der Waals surface area contributed by atoms with Crippen molar-refractivity contribution < 1.29 is 13.9 Å². The molecule has 3 N–H and O–H groups in total. The van der Waals surface area contributed by atoms with E-state index in [4.69, 9.17) is 5.73 Å². The summed E-state index contributed by atoms with van der Waals surface area (Å²) in [7, 11) is 0. The van der Waals surface area contributed by atoms with Crippen molar-refractivity contribution in [3.63, 3.8) is 0 Å². The minimum atomic E-state index is -0.842.